The second-order valence-electron chi connectivity index (χ2n) is 9.01. The molecule has 31 heavy (non-hydrogen) atoms. The maximum Gasteiger partial charge on any atom is 0.230 e. The van der Waals surface area contributed by atoms with Gasteiger partial charge in [-0.2, -0.15) is 0 Å². The fourth-order valence-corrected chi connectivity index (χ4v) is 5.06. The van der Waals surface area contributed by atoms with Gasteiger partial charge in [-0.05, 0) is 66.9 Å². The number of anilines is 1. The molecular formula is C28H30N2O. The Balaban J connectivity index is 1.33. The first kappa shape index (κ1) is 20.0. The highest BCUT2D eigenvalue weighted by molar-refractivity contribution is 5.97. The van der Waals surface area contributed by atoms with Crippen LogP contribution in [0.3, 0.4) is 0 Å². The van der Waals surface area contributed by atoms with Gasteiger partial charge in [-0.15, -0.1) is 0 Å². The molecule has 158 valence electrons. The van der Waals surface area contributed by atoms with Crippen molar-refractivity contribution in [3.63, 3.8) is 0 Å². The summed E-state index contributed by atoms with van der Waals surface area (Å²) < 4.78 is 0. The molecule has 2 fully saturated rings. The van der Waals surface area contributed by atoms with Crippen LogP contribution >= 0.6 is 0 Å². The fourth-order valence-electron chi connectivity index (χ4n) is 5.06. The van der Waals surface area contributed by atoms with Crippen molar-refractivity contribution >= 4 is 11.6 Å². The normalized spacial score (nSPS) is 24.6. The van der Waals surface area contributed by atoms with E-state index in [1.54, 1.807) is 0 Å². The highest BCUT2D eigenvalue weighted by Gasteiger charge is 2.46. The van der Waals surface area contributed by atoms with Crippen molar-refractivity contribution in [2.45, 2.75) is 18.8 Å². The molecule has 1 saturated heterocycles. The minimum Gasteiger partial charge on any atom is -0.316 e. The first-order chi connectivity index (χ1) is 15.3. The van der Waals surface area contributed by atoms with Gasteiger partial charge in [-0.25, -0.2) is 0 Å². The molecule has 1 N–H and O–H groups in total. The Morgan fingerprint density at radius 3 is 2.13 bits per heavy atom. The zero-order valence-electron chi connectivity index (χ0n) is 17.9. The van der Waals surface area contributed by atoms with E-state index in [9.17, 15) is 4.79 Å². The molecule has 4 atom stereocenters. The molecule has 1 unspecified atom stereocenters. The van der Waals surface area contributed by atoms with Crippen LogP contribution in [0.5, 0.6) is 0 Å². The molecular weight excluding hydrogens is 380 g/mol. The predicted molar refractivity (Wildman–Crippen MR) is 126 cm³/mol. The number of carbonyl (C=O) groups excluding carboxylic acids is 1. The van der Waals surface area contributed by atoms with E-state index in [0.29, 0.717) is 17.8 Å². The molecule has 3 nitrogen and oxygen atoms in total. The Morgan fingerprint density at radius 2 is 1.42 bits per heavy atom. The largest absolute Gasteiger partial charge is 0.316 e. The number of hydrogen-bond acceptors (Lipinski definition) is 2. The van der Waals surface area contributed by atoms with E-state index in [2.05, 4.69) is 76.9 Å². The van der Waals surface area contributed by atoms with Gasteiger partial charge in [0.25, 0.3) is 0 Å². The van der Waals surface area contributed by atoms with Gasteiger partial charge in [0.05, 0.1) is 0 Å². The summed E-state index contributed by atoms with van der Waals surface area (Å²) in [4.78, 5) is 15.7. The van der Waals surface area contributed by atoms with E-state index < -0.39 is 0 Å². The lowest BCUT2D eigenvalue weighted by atomic mass is 9.89. The van der Waals surface area contributed by atoms with Gasteiger partial charge in [0, 0.05) is 18.2 Å². The Hall–Kier alpha value is -2.91. The van der Waals surface area contributed by atoms with Crippen molar-refractivity contribution in [1.82, 2.24) is 5.32 Å². The lowest BCUT2D eigenvalue weighted by molar-refractivity contribution is -0.120. The first-order valence-electron chi connectivity index (χ1n) is 11.5. The SMILES string of the molecule is O=C(C1C[C@H]1c1ccccc1)N(C[C@H]1CNC[C@@H]1Cc1ccccc1)c1ccccc1. The second-order valence-corrected chi connectivity index (χ2v) is 9.01. The molecule has 3 heteroatoms. The number of amides is 1. The van der Waals surface area contributed by atoms with Crippen LogP contribution in [0.25, 0.3) is 0 Å². The van der Waals surface area contributed by atoms with E-state index in [1.807, 2.05) is 24.3 Å². The summed E-state index contributed by atoms with van der Waals surface area (Å²) in [7, 11) is 0. The Bertz CT molecular complexity index is 989. The maximum atomic E-state index is 13.6. The van der Waals surface area contributed by atoms with Crippen LogP contribution in [-0.2, 0) is 11.2 Å². The van der Waals surface area contributed by atoms with Crippen LogP contribution in [0.1, 0.15) is 23.5 Å². The van der Waals surface area contributed by atoms with Crippen LogP contribution in [0.15, 0.2) is 91.0 Å². The predicted octanol–water partition coefficient (Wildman–Crippen LogP) is 4.90. The third-order valence-electron chi connectivity index (χ3n) is 6.91. The number of carbonyl (C=O) groups is 1. The van der Waals surface area contributed by atoms with E-state index in [-0.39, 0.29) is 11.8 Å². The molecule has 3 aromatic rings. The van der Waals surface area contributed by atoms with Crippen LogP contribution < -0.4 is 10.2 Å². The quantitative estimate of drug-likeness (QED) is 0.601. The minimum atomic E-state index is 0.101. The first-order valence-corrected chi connectivity index (χ1v) is 11.5. The van der Waals surface area contributed by atoms with Crippen molar-refractivity contribution < 1.29 is 4.79 Å². The number of hydrogen-bond donors (Lipinski definition) is 1. The van der Waals surface area contributed by atoms with Gasteiger partial charge in [0.1, 0.15) is 0 Å². The highest BCUT2D eigenvalue weighted by atomic mass is 16.2. The van der Waals surface area contributed by atoms with Crippen molar-refractivity contribution in [1.29, 1.82) is 0 Å². The average molecular weight is 411 g/mol. The summed E-state index contributed by atoms with van der Waals surface area (Å²) in [6.45, 7) is 2.78. The molecule has 1 aliphatic heterocycles. The monoisotopic (exact) mass is 410 g/mol. The number of nitrogens with zero attached hydrogens (tertiary/aromatic N) is 1. The molecule has 1 heterocycles. The van der Waals surface area contributed by atoms with Crippen molar-refractivity contribution in [3.05, 3.63) is 102 Å². The van der Waals surface area contributed by atoms with Gasteiger partial charge in [-0.1, -0.05) is 78.9 Å². The van der Waals surface area contributed by atoms with Gasteiger partial charge >= 0.3 is 0 Å². The summed E-state index contributed by atoms with van der Waals surface area (Å²) in [6.07, 6.45) is 2.02. The summed E-state index contributed by atoms with van der Waals surface area (Å²) >= 11 is 0. The molecule has 1 amide bonds. The number of para-hydroxylation sites is 1. The summed E-state index contributed by atoms with van der Waals surface area (Å²) in [6, 6.07) is 31.5. The molecule has 0 spiro atoms. The molecule has 1 aliphatic carbocycles. The lowest BCUT2D eigenvalue weighted by Crippen LogP contribution is -2.39. The van der Waals surface area contributed by atoms with Crippen molar-refractivity contribution in [2.24, 2.45) is 17.8 Å². The topological polar surface area (TPSA) is 32.3 Å². The standard InChI is InChI=1S/C28H30N2O/c31-28(27-17-26(27)22-12-6-2-7-13-22)30(25-14-8-3-9-15-25)20-24-19-29-18-23(24)16-21-10-4-1-5-11-21/h1-15,23-24,26-27,29H,16-20H2/t23-,24+,26-,27?/m0/s1. The van der Waals surface area contributed by atoms with Gasteiger partial charge < -0.3 is 10.2 Å². The highest BCUT2D eigenvalue weighted by Crippen LogP contribution is 2.49. The molecule has 3 aromatic carbocycles. The Kier molecular flexibility index (Phi) is 5.86. The Morgan fingerprint density at radius 1 is 0.806 bits per heavy atom. The van der Waals surface area contributed by atoms with Crippen LogP contribution in [-0.4, -0.2) is 25.5 Å². The molecule has 0 radical (unpaired) electrons. The summed E-state index contributed by atoms with van der Waals surface area (Å²) in [5.74, 6) is 1.75. The van der Waals surface area contributed by atoms with Gasteiger partial charge in [0.2, 0.25) is 5.91 Å². The van der Waals surface area contributed by atoms with E-state index in [1.165, 1.54) is 11.1 Å². The third-order valence-corrected chi connectivity index (χ3v) is 6.91. The van der Waals surface area contributed by atoms with Crippen molar-refractivity contribution in [2.75, 3.05) is 24.5 Å². The van der Waals surface area contributed by atoms with Gasteiger partial charge in [-0.3, -0.25) is 4.79 Å². The van der Waals surface area contributed by atoms with Gasteiger partial charge in [0.15, 0.2) is 0 Å². The van der Waals surface area contributed by atoms with Crippen molar-refractivity contribution in [3.8, 4) is 0 Å². The summed E-state index contributed by atoms with van der Waals surface area (Å²) in [5, 5.41) is 3.58. The molecule has 2 aliphatic rings. The van der Waals surface area contributed by atoms with E-state index in [0.717, 1.165) is 38.2 Å². The van der Waals surface area contributed by atoms with Crippen LogP contribution in [0.4, 0.5) is 5.69 Å². The molecule has 0 aromatic heterocycles. The second kappa shape index (κ2) is 9.07. The summed E-state index contributed by atoms with van der Waals surface area (Å²) in [5.41, 5.74) is 3.69. The van der Waals surface area contributed by atoms with E-state index in [4.69, 9.17) is 0 Å². The number of nitrogens with one attached hydrogen (secondary N) is 1. The Labute approximate surface area is 185 Å². The third kappa shape index (κ3) is 4.57. The minimum absolute atomic E-state index is 0.101. The van der Waals surface area contributed by atoms with Crippen LogP contribution in [0.2, 0.25) is 0 Å². The zero-order valence-corrected chi connectivity index (χ0v) is 17.9. The maximum absolute atomic E-state index is 13.6. The molecule has 5 rings (SSSR count). The molecule has 0 bridgehead atoms. The van der Waals surface area contributed by atoms with Crippen LogP contribution in [0, 0.1) is 17.8 Å². The fraction of sp³-hybridized carbons (Fsp3) is 0.321. The zero-order chi connectivity index (χ0) is 21.0. The smallest absolute Gasteiger partial charge is 0.230 e. The number of rotatable bonds is 7. The average Bonchev–Trinajstić information content (AvgIpc) is 3.52. The number of benzene rings is 3. The molecule has 1 saturated carbocycles. The van der Waals surface area contributed by atoms with E-state index >= 15 is 0 Å². The lowest BCUT2D eigenvalue weighted by Gasteiger charge is -2.29.